The van der Waals surface area contributed by atoms with Crippen molar-refractivity contribution in [2.24, 2.45) is 11.3 Å². The Labute approximate surface area is 140 Å². The number of hydrogen-bond acceptors (Lipinski definition) is 4. The normalized spacial score (nSPS) is 23.3. The van der Waals surface area contributed by atoms with Gasteiger partial charge in [-0.25, -0.2) is 0 Å². The summed E-state index contributed by atoms with van der Waals surface area (Å²) in [5, 5.41) is 7.13. The van der Waals surface area contributed by atoms with E-state index in [1.54, 1.807) is 0 Å². The van der Waals surface area contributed by atoms with E-state index in [-0.39, 0.29) is 12.0 Å². The van der Waals surface area contributed by atoms with Gasteiger partial charge in [0.15, 0.2) is 0 Å². The summed E-state index contributed by atoms with van der Waals surface area (Å²) in [4.78, 5) is 12.0. The van der Waals surface area contributed by atoms with E-state index in [0.717, 1.165) is 19.5 Å². The zero-order chi connectivity index (χ0) is 16.9. The highest BCUT2D eigenvalue weighted by atomic mass is 16.5. The Morgan fingerprint density at radius 2 is 2.04 bits per heavy atom. The van der Waals surface area contributed by atoms with Crippen LogP contribution in [0.15, 0.2) is 30.3 Å². The lowest BCUT2D eigenvalue weighted by molar-refractivity contribution is -0.154. The van der Waals surface area contributed by atoms with Crippen LogP contribution < -0.4 is 10.6 Å². The molecule has 0 aromatic heterocycles. The first-order chi connectivity index (χ1) is 10.9. The number of carbonyl (C=O) groups excluding carboxylic acids is 1. The number of carbonyl (C=O) groups is 1. The van der Waals surface area contributed by atoms with Crippen LogP contribution in [0.25, 0.3) is 0 Å². The van der Waals surface area contributed by atoms with E-state index in [4.69, 9.17) is 4.74 Å². The standard InChI is InChI=1S/C19H30N2O2/c1-14(15-8-6-5-7-9-15)21-17-12-20-11-10-16(17)13-23-18(22)19(2,3)4/h5-9,14,16-17,20-21H,10-13H2,1-4H3/t14-,16?,17?/m1/s1. The van der Waals surface area contributed by atoms with Crippen molar-refractivity contribution >= 4 is 5.97 Å². The lowest BCUT2D eigenvalue weighted by Gasteiger charge is -2.35. The van der Waals surface area contributed by atoms with Crippen LogP contribution in [-0.4, -0.2) is 31.7 Å². The second kappa shape index (κ2) is 7.93. The maximum atomic E-state index is 12.0. The number of piperidine rings is 1. The molecule has 4 heteroatoms. The predicted molar refractivity (Wildman–Crippen MR) is 93.2 cm³/mol. The molecule has 4 nitrogen and oxygen atoms in total. The average molecular weight is 318 g/mol. The molecule has 1 aliphatic rings. The second-order valence-corrected chi connectivity index (χ2v) is 7.51. The van der Waals surface area contributed by atoms with Gasteiger partial charge in [-0.15, -0.1) is 0 Å². The molecule has 0 aliphatic carbocycles. The number of ether oxygens (including phenoxy) is 1. The van der Waals surface area contributed by atoms with Crippen molar-refractivity contribution in [3.63, 3.8) is 0 Å². The molecular formula is C19H30N2O2. The third-order valence-electron chi connectivity index (χ3n) is 4.43. The van der Waals surface area contributed by atoms with Gasteiger partial charge in [0.25, 0.3) is 0 Å². The Bertz CT molecular complexity index is 496. The lowest BCUT2D eigenvalue weighted by atomic mass is 9.91. The van der Waals surface area contributed by atoms with Crippen molar-refractivity contribution in [3.05, 3.63) is 35.9 Å². The topological polar surface area (TPSA) is 50.4 Å². The molecule has 2 unspecified atom stereocenters. The van der Waals surface area contributed by atoms with Crippen LogP contribution in [0.4, 0.5) is 0 Å². The van der Waals surface area contributed by atoms with Crippen LogP contribution >= 0.6 is 0 Å². The minimum atomic E-state index is -0.437. The van der Waals surface area contributed by atoms with Crippen molar-refractivity contribution in [3.8, 4) is 0 Å². The molecule has 1 fully saturated rings. The van der Waals surface area contributed by atoms with Crippen LogP contribution in [-0.2, 0) is 9.53 Å². The summed E-state index contributed by atoms with van der Waals surface area (Å²) in [7, 11) is 0. The van der Waals surface area contributed by atoms with Crippen molar-refractivity contribution in [1.82, 2.24) is 10.6 Å². The van der Waals surface area contributed by atoms with E-state index in [1.807, 2.05) is 26.8 Å². The van der Waals surface area contributed by atoms with Gasteiger partial charge in [0.05, 0.1) is 12.0 Å². The third-order valence-corrected chi connectivity index (χ3v) is 4.43. The van der Waals surface area contributed by atoms with E-state index >= 15 is 0 Å². The molecule has 0 bridgehead atoms. The Hall–Kier alpha value is -1.39. The average Bonchev–Trinajstić information content (AvgIpc) is 2.53. The molecule has 1 aliphatic heterocycles. The summed E-state index contributed by atoms with van der Waals surface area (Å²) >= 11 is 0. The van der Waals surface area contributed by atoms with Gasteiger partial charge in [-0.1, -0.05) is 30.3 Å². The van der Waals surface area contributed by atoms with Gasteiger partial charge in [0.1, 0.15) is 0 Å². The van der Waals surface area contributed by atoms with Crippen molar-refractivity contribution in [1.29, 1.82) is 0 Å². The van der Waals surface area contributed by atoms with E-state index in [1.165, 1.54) is 5.56 Å². The summed E-state index contributed by atoms with van der Waals surface area (Å²) in [6, 6.07) is 11.0. The fourth-order valence-electron chi connectivity index (χ4n) is 2.87. The summed E-state index contributed by atoms with van der Waals surface area (Å²) in [6.07, 6.45) is 1.02. The minimum Gasteiger partial charge on any atom is -0.465 e. The summed E-state index contributed by atoms with van der Waals surface area (Å²) in [5.41, 5.74) is 0.844. The number of esters is 1. The molecule has 1 heterocycles. The third kappa shape index (κ3) is 5.33. The zero-order valence-corrected chi connectivity index (χ0v) is 14.8. The highest BCUT2D eigenvalue weighted by molar-refractivity contribution is 5.75. The molecule has 0 amide bonds. The molecule has 1 aromatic carbocycles. The predicted octanol–water partition coefficient (Wildman–Crippen LogP) is 2.90. The molecule has 1 aromatic rings. The van der Waals surface area contributed by atoms with Crippen molar-refractivity contribution in [2.75, 3.05) is 19.7 Å². The largest absolute Gasteiger partial charge is 0.465 e. The maximum absolute atomic E-state index is 12.0. The van der Waals surface area contributed by atoms with Gasteiger partial charge in [-0.2, -0.15) is 0 Å². The lowest BCUT2D eigenvalue weighted by Crippen LogP contribution is -2.51. The first kappa shape index (κ1) is 18.0. The Morgan fingerprint density at radius 1 is 1.35 bits per heavy atom. The molecule has 128 valence electrons. The highest BCUT2D eigenvalue weighted by Gasteiger charge is 2.29. The van der Waals surface area contributed by atoms with Crippen molar-refractivity contribution in [2.45, 2.75) is 46.2 Å². The van der Waals surface area contributed by atoms with E-state index < -0.39 is 5.41 Å². The first-order valence-electron chi connectivity index (χ1n) is 8.57. The molecule has 0 saturated carbocycles. The first-order valence-corrected chi connectivity index (χ1v) is 8.57. The Morgan fingerprint density at radius 3 is 2.70 bits per heavy atom. The van der Waals surface area contributed by atoms with Crippen LogP contribution in [0, 0.1) is 11.3 Å². The van der Waals surface area contributed by atoms with Gasteiger partial charge >= 0.3 is 5.97 Å². The van der Waals surface area contributed by atoms with E-state index in [2.05, 4.69) is 41.8 Å². The molecule has 0 spiro atoms. The fraction of sp³-hybridized carbons (Fsp3) is 0.632. The number of nitrogens with one attached hydrogen (secondary N) is 2. The smallest absolute Gasteiger partial charge is 0.311 e. The molecule has 2 rings (SSSR count). The van der Waals surface area contributed by atoms with E-state index in [0.29, 0.717) is 18.6 Å². The van der Waals surface area contributed by atoms with Gasteiger partial charge < -0.3 is 15.4 Å². The number of rotatable bonds is 5. The molecule has 2 N–H and O–H groups in total. The molecule has 23 heavy (non-hydrogen) atoms. The molecule has 1 saturated heterocycles. The Kier molecular flexibility index (Phi) is 6.19. The van der Waals surface area contributed by atoms with Crippen LogP contribution in [0.3, 0.4) is 0 Å². The number of benzene rings is 1. The number of hydrogen-bond donors (Lipinski definition) is 2. The van der Waals surface area contributed by atoms with Gasteiger partial charge in [-0.05, 0) is 46.2 Å². The summed E-state index contributed by atoms with van der Waals surface area (Å²) < 4.78 is 5.56. The van der Waals surface area contributed by atoms with Crippen molar-refractivity contribution < 1.29 is 9.53 Å². The monoisotopic (exact) mass is 318 g/mol. The zero-order valence-electron chi connectivity index (χ0n) is 14.8. The molecule has 0 radical (unpaired) electrons. The summed E-state index contributed by atoms with van der Waals surface area (Å²) in [6.45, 7) is 10.3. The quantitative estimate of drug-likeness (QED) is 0.820. The molecular weight excluding hydrogens is 288 g/mol. The van der Waals surface area contributed by atoms with E-state index in [9.17, 15) is 4.79 Å². The fourth-order valence-corrected chi connectivity index (χ4v) is 2.87. The highest BCUT2D eigenvalue weighted by Crippen LogP contribution is 2.21. The van der Waals surface area contributed by atoms with Gasteiger partial charge in [-0.3, -0.25) is 4.79 Å². The summed E-state index contributed by atoms with van der Waals surface area (Å²) in [5.74, 6) is 0.236. The maximum Gasteiger partial charge on any atom is 0.311 e. The van der Waals surface area contributed by atoms with Gasteiger partial charge in [0.2, 0.25) is 0 Å². The Balaban J connectivity index is 1.92. The van der Waals surface area contributed by atoms with Gasteiger partial charge in [0, 0.05) is 24.5 Å². The van der Waals surface area contributed by atoms with Crippen LogP contribution in [0.5, 0.6) is 0 Å². The SMILES string of the molecule is C[C@@H](NC1CNCCC1COC(=O)C(C)(C)C)c1ccccc1. The molecule has 3 atom stereocenters. The second-order valence-electron chi connectivity index (χ2n) is 7.51. The van der Waals surface area contributed by atoms with Crippen LogP contribution in [0.1, 0.15) is 45.7 Å². The minimum absolute atomic E-state index is 0.120. The van der Waals surface area contributed by atoms with Crippen LogP contribution in [0.2, 0.25) is 0 Å².